The van der Waals surface area contributed by atoms with Gasteiger partial charge in [-0.1, -0.05) is 0 Å². The molecule has 0 unspecified atom stereocenters. The summed E-state index contributed by atoms with van der Waals surface area (Å²) in [5, 5.41) is 2.54. The van der Waals surface area contributed by atoms with Gasteiger partial charge in [-0.05, 0) is 52.7 Å². The summed E-state index contributed by atoms with van der Waals surface area (Å²) in [5.41, 5.74) is 0.785. The Balaban J connectivity index is 2.23. The molecule has 0 fully saturated rings. The number of amides is 1. The van der Waals surface area contributed by atoms with Gasteiger partial charge >= 0.3 is 0 Å². The fourth-order valence-electron chi connectivity index (χ4n) is 1.49. The van der Waals surface area contributed by atoms with Gasteiger partial charge in [0, 0.05) is 16.2 Å². The Kier molecular flexibility index (Phi) is 3.90. The lowest BCUT2D eigenvalue weighted by atomic mass is 10.2. The zero-order chi connectivity index (χ0) is 14.0. The molecule has 0 aliphatic rings. The first kappa shape index (κ1) is 13.6. The molecule has 3 nitrogen and oxygen atoms in total. The molecule has 2 rings (SSSR count). The Morgan fingerprint density at radius 3 is 2.63 bits per heavy atom. The van der Waals surface area contributed by atoms with E-state index >= 15 is 0 Å². The molecule has 0 saturated carbocycles. The number of aryl methyl sites for hydroxylation is 1. The number of hydrogen-bond donors (Lipinski definition) is 1. The second-order valence-corrected chi connectivity index (χ2v) is 4.82. The van der Waals surface area contributed by atoms with Crippen LogP contribution >= 0.6 is 15.9 Å². The van der Waals surface area contributed by atoms with Crippen molar-refractivity contribution in [1.82, 2.24) is 4.98 Å². The van der Waals surface area contributed by atoms with E-state index in [1.54, 1.807) is 13.0 Å². The van der Waals surface area contributed by atoms with Crippen molar-refractivity contribution < 1.29 is 13.6 Å². The van der Waals surface area contributed by atoms with Crippen LogP contribution in [0.25, 0.3) is 0 Å². The number of benzene rings is 1. The zero-order valence-electron chi connectivity index (χ0n) is 9.88. The maximum atomic E-state index is 13.0. The van der Waals surface area contributed by atoms with Gasteiger partial charge in [0.05, 0.1) is 0 Å². The van der Waals surface area contributed by atoms with E-state index in [0.717, 1.165) is 22.2 Å². The molecule has 0 bridgehead atoms. The molecule has 98 valence electrons. The molecule has 1 heterocycles. The fourth-order valence-corrected chi connectivity index (χ4v) is 1.93. The van der Waals surface area contributed by atoms with Crippen molar-refractivity contribution in [3.05, 3.63) is 57.7 Å². The first-order chi connectivity index (χ1) is 8.97. The molecule has 0 aliphatic heterocycles. The lowest BCUT2D eigenvalue weighted by Crippen LogP contribution is -2.14. The van der Waals surface area contributed by atoms with Gasteiger partial charge in [-0.15, -0.1) is 0 Å². The van der Waals surface area contributed by atoms with Crippen LogP contribution in [0.1, 0.15) is 15.9 Å². The van der Waals surface area contributed by atoms with E-state index in [1.807, 2.05) is 0 Å². The molecule has 0 atom stereocenters. The van der Waals surface area contributed by atoms with Gasteiger partial charge in [0.2, 0.25) is 0 Å². The van der Waals surface area contributed by atoms with Gasteiger partial charge in [-0.25, -0.2) is 13.8 Å². The molecule has 0 radical (unpaired) electrons. The van der Waals surface area contributed by atoms with Gasteiger partial charge < -0.3 is 5.32 Å². The smallest absolute Gasteiger partial charge is 0.256 e. The number of carbonyl (C=O) groups excluding carboxylic acids is 1. The number of nitrogens with one attached hydrogen (secondary N) is 1. The maximum absolute atomic E-state index is 13.0. The quantitative estimate of drug-likeness (QED) is 0.914. The van der Waals surface area contributed by atoms with Gasteiger partial charge in [0.25, 0.3) is 5.91 Å². The Hall–Kier alpha value is -1.82. The number of hydrogen-bond acceptors (Lipinski definition) is 2. The predicted molar refractivity (Wildman–Crippen MR) is 71.0 cm³/mol. The minimum atomic E-state index is -1.06. The number of nitrogens with zero attached hydrogens (tertiary/aromatic N) is 1. The standard InChI is InChI=1S/C13H9BrF2N2O/c1-7-4-9(14)6-17-12(7)18-13(19)8-2-3-10(15)11(16)5-8/h2-6H,1H3,(H,17,18,19). The van der Waals surface area contributed by atoms with Crippen LogP contribution in [0.3, 0.4) is 0 Å². The van der Waals surface area contributed by atoms with Crippen molar-refractivity contribution in [2.45, 2.75) is 6.92 Å². The molecule has 0 saturated heterocycles. The van der Waals surface area contributed by atoms with Crippen LogP contribution in [0, 0.1) is 18.6 Å². The lowest BCUT2D eigenvalue weighted by Gasteiger charge is -2.07. The number of halogens is 3. The van der Waals surface area contributed by atoms with Crippen molar-refractivity contribution in [3.63, 3.8) is 0 Å². The van der Waals surface area contributed by atoms with Crippen molar-refractivity contribution in [1.29, 1.82) is 0 Å². The number of pyridine rings is 1. The van der Waals surface area contributed by atoms with E-state index < -0.39 is 17.5 Å². The molecule has 19 heavy (non-hydrogen) atoms. The van der Waals surface area contributed by atoms with E-state index in [1.165, 1.54) is 12.3 Å². The Labute approximate surface area is 116 Å². The first-order valence-electron chi connectivity index (χ1n) is 5.36. The van der Waals surface area contributed by atoms with Gasteiger partial charge in [0.15, 0.2) is 11.6 Å². The van der Waals surface area contributed by atoms with Crippen LogP contribution in [-0.2, 0) is 0 Å². The van der Waals surface area contributed by atoms with Crippen molar-refractivity contribution >= 4 is 27.7 Å². The largest absolute Gasteiger partial charge is 0.306 e. The Morgan fingerprint density at radius 2 is 2.00 bits per heavy atom. The van der Waals surface area contributed by atoms with Crippen LogP contribution in [0.5, 0.6) is 0 Å². The van der Waals surface area contributed by atoms with Crippen LogP contribution in [0.4, 0.5) is 14.6 Å². The molecule has 6 heteroatoms. The highest BCUT2D eigenvalue weighted by Gasteiger charge is 2.11. The van der Waals surface area contributed by atoms with Gasteiger partial charge in [-0.3, -0.25) is 4.79 Å². The van der Waals surface area contributed by atoms with Crippen LogP contribution < -0.4 is 5.32 Å². The SMILES string of the molecule is Cc1cc(Br)cnc1NC(=O)c1ccc(F)c(F)c1. The van der Waals surface area contributed by atoms with E-state index in [4.69, 9.17) is 0 Å². The Morgan fingerprint density at radius 1 is 1.26 bits per heavy atom. The molecule has 1 amide bonds. The van der Waals surface area contributed by atoms with Gasteiger partial charge in [0.1, 0.15) is 5.82 Å². The summed E-state index contributed by atoms with van der Waals surface area (Å²) in [6.07, 6.45) is 1.54. The van der Waals surface area contributed by atoms with Crippen molar-refractivity contribution in [2.75, 3.05) is 5.32 Å². The third-order valence-electron chi connectivity index (χ3n) is 2.46. The lowest BCUT2D eigenvalue weighted by molar-refractivity contribution is 0.102. The van der Waals surface area contributed by atoms with E-state index in [9.17, 15) is 13.6 Å². The second kappa shape index (κ2) is 5.44. The van der Waals surface area contributed by atoms with Crippen LogP contribution in [-0.4, -0.2) is 10.9 Å². The predicted octanol–water partition coefficient (Wildman–Crippen LogP) is 3.68. The number of rotatable bonds is 2. The number of anilines is 1. The van der Waals surface area contributed by atoms with Crippen molar-refractivity contribution in [3.8, 4) is 0 Å². The highest BCUT2D eigenvalue weighted by atomic mass is 79.9. The average Bonchev–Trinajstić information content (AvgIpc) is 2.36. The summed E-state index contributed by atoms with van der Waals surface area (Å²) >= 11 is 3.26. The minimum Gasteiger partial charge on any atom is -0.306 e. The monoisotopic (exact) mass is 326 g/mol. The van der Waals surface area contributed by atoms with Crippen LogP contribution in [0.15, 0.2) is 34.9 Å². The fraction of sp³-hybridized carbons (Fsp3) is 0.0769. The highest BCUT2D eigenvalue weighted by molar-refractivity contribution is 9.10. The molecular weight excluding hydrogens is 318 g/mol. The third kappa shape index (κ3) is 3.14. The van der Waals surface area contributed by atoms with E-state index in [-0.39, 0.29) is 5.56 Å². The first-order valence-corrected chi connectivity index (χ1v) is 6.15. The average molecular weight is 327 g/mol. The minimum absolute atomic E-state index is 0.0306. The molecule has 1 aromatic carbocycles. The zero-order valence-corrected chi connectivity index (χ0v) is 11.5. The van der Waals surface area contributed by atoms with Crippen LogP contribution in [0.2, 0.25) is 0 Å². The Bertz CT molecular complexity index is 647. The molecular formula is C13H9BrF2N2O. The van der Waals surface area contributed by atoms with Crippen molar-refractivity contribution in [2.24, 2.45) is 0 Å². The number of carbonyl (C=O) groups is 1. The molecule has 0 aliphatic carbocycles. The summed E-state index contributed by atoms with van der Waals surface area (Å²) in [5.74, 6) is -2.22. The summed E-state index contributed by atoms with van der Waals surface area (Å²) in [7, 11) is 0. The van der Waals surface area contributed by atoms with Gasteiger partial charge in [-0.2, -0.15) is 0 Å². The summed E-state index contributed by atoms with van der Waals surface area (Å²) in [4.78, 5) is 15.9. The third-order valence-corrected chi connectivity index (χ3v) is 2.89. The summed E-state index contributed by atoms with van der Waals surface area (Å²) < 4.78 is 26.6. The topological polar surface area (TPSA) is 42.0 Å². The molecule has 0 spiro atoms. The maximum Gasteiger partial charge on any atom is 0.256 e. The summed E-state index contributed by atoms with van der Waals surface area (Å²) in [6, 6.07) is 4.75. The summed E-state index contributed by atoms with van der Waals surface area (Å²) in [6.45, 7) is 1.78. The molecule has 2 aromatic rings. The normalized spacial score (nSPS) is 10.3. The molecule has 1 aromatic heterocycles. The van der Waals surface area contributed by atoms with E-state index in [2.05, 4.69) is 26.2 Å². The molecule has 1 N–H and O–H groups in total. The number of aromatic nitrogens is 1. The van der Waals surface area contributed by atoms with E-state index in [0.29, 0.717) is 5.82 Å². The second-order valence-electron chi connectivity index (χ2n) is 3.90. The highest BCUT2D eigenvalue weighted by Crippen LogP contribution is 2.18.